The minimum Gasteiger partial charge on any atom is -0.388 e. The number of rotatable bonds is 6. The SMILES string of the molecule is CN/C(=C\C=C/C(C)C#Cc1ccccc1-c1ccccn1)c1ccc(-c2ccccc2)cc1C. The van der Waals surface area contributed by atoms with Crippen molar-refractivity contribution in [3.8, 4) is 34.2 Å². The molecule has 2 heteroatoms. The number of hydrogen-bond acceptors (Lipinski definition) is 2. The summed E-state index contributed by atoms with van der Waals surface area (Å²) in [7, 11) is 1.96. The van der Waals surface area contributed by atoms with Crippen LogP contribution in [0.25, 0.3) is 28.1 Å². The second kappa shape index (κ2) is 11.7. The van der Waals surface area contributed by atoms with E-state index >= 15 is 0 Å². The lowest BCUT2D eigenvalue weighted by atomic mass is 9.98. The van der Waals surface area contributed by atoms with Gasteiger partial charge in [0.1, 0.15) is 0 Å². The largest absolute Gasteiger partial charge is 0.388 e. The number of allylic oxidation sites excluding steroid dienone is 3. The first-order valence-electron chi connectivity index (χ1n) is 11.9. The summed E-state index contributed by atoms with van der Waals surface area (Å²) in [6.45, 7) is 4.27. The Bertz CT molecular complexity index is 1390. The van der Waals surface area contributed by atoms with E-state index in [1.54, 1.807) is 0 Å². The molecule has 0 amide bonds. The van der Waals surface area contributed by atoms with E-state index in [0.717, 1.165) is 22.5 Å². The van der Waals surface area contributed by atoms with E-state index in [0.29, 0.717) is 0 Å². The summed E-state index contributed by atoms with van der Waals surface area (Å²) in [4.78, 5) is 4.48. The van der Waals surface area contributed by atoms with Gasteiger partial charge in [0.15, 0.2) is 0 Å². The normalized spacial score (nSPS) is 12.1. The smallest absolute Gasteiger partial charge is 0.0714 e. The van der Waals surface area contributed by atoms with Gasteiger partial charge < -0.3 is 5.32 Å². The highest BCUT2D eigenvalue weighted by molar-refractivity contribution is 5.73. The quantitative estimate of drug-likeness (QED) is 0.241. The van der Waals surface area contributed by atoms with Gasteiger partial charge in [0.25, 0.3) is 0 Å². The Labute approximate surface area is 209 Å². The van der Waals surface area contributed by atoms with E-state index in [1.165, 1.54) is 22.3 Å². The molecule has 4 rings (SSSR count). The van der Waals surface area contributed by atoms with Crippen LogP contribution >= 0.6 is 0 Å². The molecule has 0 saturated carbocycles. The summed E-state index contributed by atoms with van der Waals surface area (Å²) in [5, 5.41) is 3.34. The first kappa shape index (κ1) is 23.8. The van der Waals surface area contributed by atoms with Gasteiger partial charge in [-0.25, -0.2) is 0 Å². The molecule has 0 bridgehead atoms. The highest BCUT2D eigenvalue weighted by Gasteiger charge is 2.06. The maximum absolute atomic E-state index is 4.48. The standard InChI is InChI=1S/C33H30N2/c1-25(19-20-28-15-7-8-16-31(28)33-17-9-10-23-35-33)12-11-18-32(34-3)30-22-21-29(24-26(30)2)27-13-5-4-6-14-27/h4-18,21-25,34H,1-3H3/b12-11-,32-18-. The Kier molecular flexibility index (Phi) is 7.94. The minimum absolute atomic E-state index is 0.114. The molecule has 1 unspecified atom stereocenters. The predicted molar refractivity (Wildman–Crippen MR) is 149 cm³/mol. The molecule has 172 valence electrons. The molecule has 0 saturated heterocycles. The Balaban J connectivity index is 1.50. The third-order valence-electron chi connectivity index (χ3n) is 5.86. The van der Waals surface area contributed by atoms with Gasteiger partial charge in [0.05, 0.1) is 5.69 Å². The van der Waals surface area contributed by atoms with Crippen molar-refractivity contribution in [1.82, 2.24) is 10.3 Å². The Morgan fingerprint density at radius 3 is 2.40 bits per heavy atom. The van der Waals surface area contributed by atoms with E-state index in [-0.39, 0.29) is 5.92 Å². The zero-order valence-electron chi connectivity index (χ0n) is 20.5. The van der Waals surface area contributed by atoms with Gasteiger partial charge in [0.2, 0.25) is 0 Å². The van der Waals surface area contributed by atoms with Crippen LogP contribution in [0.3, 0.4) is 0 Å². The molecular weight excluding hydrogens is 424 g/mol. The van der Waals surface area contributed by atoms with Gasteiger partial charge in [0, 0.05) is 41.5 Å². The summed E-state index contributed by atoms with van der Waals surface area (Å²) in [5.41, 5.74) is 8.96. The van der Waals surface area contributed by atoms with Crippen LogP contribution in [0.5, 0.6) is 0 Å². The van der Waals surface area contributed by atoms with E-state index in [1.807, 2.05) is 55.7 Å². The molecule has 0 aliphatic heterocycles. The lowest BCUT2D eigenvalue weighted by molar-refractivity contribution is 0.980. The average Bonchev–Trinajstić information content (AvgIpc) is 2.91. The maximum atomic E-state index is 4.48. The van der Waals surface area contributed by atoms with Crippen molar-refractivity contribution < 1.29 is 0 Å². The van der Waals surface area contributed by atoms with E-state index in [4.69, 9.17) is 0 Å². The topological polar surface area (TPSA) is 24.9 Å². The van der Waals surface area contributed by atoms with E-state index < -0.39 is 0 Å². The number of nitrogens with zero attached hydrogens (tertiary/aromatic N) is 1. The van der Waals surface area contributed by atoms with Crippen molar-refractivity contribution >= 4 is 5.70 Å². The van der Waals surface area contributed by atoms with Crippen LogP contribution in [0.1, 0.15) is 23.6 Å². The highest BCUT2D eigenvalue weighted by Crippen LogP contribution is 2.25. The molecule has 0 aliphatic rings. The fourth-order valence-corrected chi connectivity index (χ4v) is 3.98. The highest BCUT2D eigenvalue weighted by atomic mass is 14.8. The van der Waals surface area contributed by atoms with Crippen LogP contribution < -0.4 is 5.32 Å². The van der Waals surface area contributed by atoms with Crippen LogP contribution in [0.4, 0.5) is 0 Å². The van der Waals surface area contributed by atoms with Crippen LogP contribution in [0.15, 0.2) is 115 Å². The number of pyridine rings is 1. The van der Waals surface area contributed by atoms with Gasteiger partial charge in [-0.05, 0) is 54.8 Å². The zero-order valence-corrected chi connectivity index (χ0v) is 20.5. The maximum Gasteiger partial charge on any atom is 0.0714 e. The number of nitrogens with one attached hydrogen (secondary N) is 1. The first-order chi connectivity index (χ1) is 17.2. The fourth-order valence-electron chi connectivity index (χ4n) is 3.98. The molecule has 0 spiro atoms. The molecule has 0 radical (unpaired) electrons. The zero-order chi connectivity index (χ0) is 24.5. The van der Waals surface area contributed by atoms with Crippen molar-refractivity contribution in [2.24, 2.45) is 5.92 Å². The monoisotopic (exact) mass is 454 g/mol. The lowest BCUT2D eigenvalue weighted by Crippen LogP contribution is -2.06. The fraction of sp³-hybridized carbons (Fsp3) is 0.121. The first-order valence-corrected chi connectivity index (χ1v) is 11.9. The van der Waals surface area contributed by atoms with Crippen molar-refractivity contribution in [2.75, 3.05) is 7.05 Å². The number of aromatic nitrogens is 1. The van der Waals surface area contributed by atoms with Crippen molar-refractivity contribution in [3.05, 3.63) is 132 Å². The number of benzene rings is 3. The summed E-state index contributed by atoms with van der Waals surface area (Å²) in [6.07, 6.45) is 8.14. The van der Waals surface area contributed by atoms with Crippen LogP contribution in [-0.4, -0.2) is 12.0 Å². The van der Waals surface area contributed by atoms with Crippen molar-refractivity contribution in [1.29, 1.82) is 0 Å². The van der Waals surface area contributed by atoms with Crippen LogP contribution in [-0.2, 0) is 0 Å². The number of hydrogen-bond donors (Lipinski definition) is 1. The molecule has 4 aromatic rings. The Hall–Kier alpha value is -4.35. The Morgan fingerprint density at radius 2 is 1.66 bits per heavy atom. The van der Waals surface area contributed by atoms with E-state index in [9.17, 15) is 0 Å². The molecule has 1 N–H and O–H groups in total. The second-order valence-corrected chi connectivity index (χ2v) is 8.43. The molecule has 35 heavy (non-hydrogen) atoms. The third kappa shape index (κ3) is 6.16. The summed E-state index contributed by atoms with van der Waals surface area (Å²) >= 11 is 0. The van der Waals surface area contributed by atoms with Crippen molar-refractivity contribution in [2.45, 2.75) is 13.8 Å². The molecule has 1 atom stereocenters. The van der Waals surface area contributed by atoms with Crippen LogP contribution in [0.2, 0.25) is 0 Å². The molecule has 3 aromatic carbocycles. The number of aryl methyl sites for hydroxylation is 1. The summed E-state index contributed by atoms with van der Waals surface area (Å²) in [5.74, 6) is 6.83. The van der Waals surface area contributed by atoms with Gasteiger partial charge >= 0.3 is 0 Å². The average molecular weight is 455 g/mol. The van der Waals surface area contributed by atoms with Gasteiger partial charge in [-0.15, -0.1) is 0 Å². The minimum atomic E-state index is 0.114. The van der Waals surface area contributed by atoms with Gasteiger partial charge in [-0.3, -0.25) is 4.98 Å². The summed E-state index contributed by atoms with van der Waals surface area (Å²) in [6, 6.07) is 31.2. The van der Waals surface area contributed by atoms with E-state index in [2.05, 4.69) is 103 Å². The predicted octanol–water partition coefficient (Wildman–Crippen LogP) is 7.53. The molecule has 2 nitrogen and oxygen atoms in total. The Morgan fingerprint density at radius 1 is 0.886 bits per heavy atom. The second-order valence-electron chi connectivity index (χ2n) is 8.43. The summed E-state index contributed by atoms with van der Waals surface area (Å²) < 4.78 is 0. The van der Waals surface area contributed by atoms with Crippen LogP contribution in [0, 0.1) is 24.7 Å². The third-order valence-corrected chi connectivity index (χ3v) is 5.86. The molecule has 0 aliphatic carbocycles. The van der Waals surface area contributed by atoms with Gasteiger partial charge in [-0.2, -0.15) is 0 Å². The van der Waals surface area contributed by atoms with Gasteiger partial charge in [-0.1, -0.05) is 96.8 Å². The molecular formula is C33H30N2. The molecule has 1 heterocycles. The van der Waals surface area contributed by atoms with Crippen molar-refractivity contribution in [3.63, 3.8) is 0 Å². The molecule has 1 aromatic heterocycles. The lowest BCUT2D eigenvalue weighted by Gasteiger charge is -2.12. The molecule has 0 fully saturated rings.